The summed E-state index contributed by atoms with van der Waals surface area (Å²) >= 11 is 3.30. The van der Waals surface area contributed by atoms with Gasteiger partial charge >= 0.3 is 0 Å². The third-order valence-corrected chi connectivity index (χ3v) is 13.2. The first kappa shape index (κ1) is 23.4. The maximum Gasteiger partial charge on any atom is 0.195 e. The average Bonchev–Trinajstić information content (AvgIpc) is 2.97. The van der Waals surface area contributed by atoms with Crippen molar-refractivity contribution in [3.05, 3.63) is 136 Å². The molecular formula is C33H22O2S3. The first-order valence-corrected chi connectivity index (χ1v) is 16.0. The fraction of sp³-hybridized carbons (Fsp3) is 0.0303. The molecule has 7 rings (SSSR count). The van der Waals surface area contributed by atoms with E-state index in [1.807, 2.05) is 54.6 Å². The highest BCUT2D eigenvalue weighted by Crippen LogP contribution is 2.66. The molecule has 2 nitrogen and oxygen atoms in total. The standard InChI is InChI=1S/C33H22O2S3/c1-38(21-9-3-2-4-10-21,22-15-17-30-26(19-22)32(34)24-11-5-7-13-28(24)36-30)23-16-18-31-27(20-23)33(35)25-12-6-8-14-29(25)37-31/h2-20H,1H3. The molecule has 0 amide bonds. The van der Waals surface area contributed by atoms with Gasteiger partial charge in [0, 0.05) is 40.3 Å². The molecule has 2 aromatic heterocycles. The van der Waals surface area contributed by atoms with Crippen molar-refractivity contribution in [2.45, 2.75) is 14.7 Å². The van der Waals surface area contributed by atoms with Crippen LogP contribution in [0.5, 0.6) is 0 Å². The van der Waals surface area contributed by atoms with E-state index < -0.39 is 10.0 Å². The largest absolute Gasteiger partial charge is 0.289 e. The minimum Gasteiger partial charge on any atom is -0.289 e. The van der Waals surface area contributed by atoms with Gasteiger partial charge in [-0.2, -0.15) is 10.0 Å². The lowest BCUT2D eigenvalue weighted by Crippen LogP contribution is -2.06. The molecule has 0 unspecified atom stereocenters. The van der Waals surface area contributed by atoms with Gasteiger partial charge in [-0.3, -0.25) is 9.59 Å². The van der Waals surface area contributed by atoms with E-state index in [1.165, 1.54) is 4.90 Å². The van der Waals surface area contributed by atoms with Gasteiger partial charge in [-0.25, -0.2) is 0 Å². The van der Waals surface area contributed by atoms with E-state index >= 15 is 0 Å². The SMILES string of the molecule is CS(c1ccccc1)(c1ccc2sc3ccccc3c(=O)c2c1)c1ccc2sc3ccccc3c(=O)c2c1. The van der Waals surface area contributed by atoms with Crippen molar-refractivity contribution in [2.24, 2.45) is 0 Å². The first-order valence-electron chi connectivity index (χ1n) is 12.3. The number of hydrogen-bond acceptors (Lipinski definition) is 4. The van der Waals surface area contributed by atoms with E-state index in [0.717, 1.165) is 50.1 Å². The second-order valence-electron chi connectivity index (χ2n) is 9.40. The smallest absolute Gasteiger partial charge is 0.195 e. The molecule has 0 N–H and O–H groups in total. The third-order valence-electron chi connectivity index (χ3n) is 7.25. The summed E-state index contributed by atoms with van der Waals surface area (Å²) in [5.74, 6) is 0. The van der Waals surface area contributed by atoms with Crippen molar-refractivity contribution >= 4 is 73.0 Å². The predicted molar refractivity (Wildman–Crippen MR) is 166 cm³/mol. The summed E-state index contributed by atoms with van der Waals surface area (Å²) in [7, 11) is -1.77. The molecule has 0 aliphatic rings. The molecule has 0 radical (unpaired) electrons. The summed E-state index contributed by atoms with van der Waals surface area (Å²) in [6, 6.07) is 38.8. The molecule has 0 atom stereocenters. The van der Waals surface area contributed by atoms with Crippen LogP contribution >= 0.6 is 32.7 Å². The summed E-state index contributed by atoms with van der Waals surface area (Å²) in [5, 5.41) is 3.01. The second kappa shape index (κ2) is 8.91. The van der Waals surface area contributed by atoms with Crippen molar-refractivity contribution in [2.75, 3.05) is 6.26 Å². The highest BCUT2D eigenvalue weighted by Gasteiger charge is 2.27. The van der Waals surface area contributed by atoms with Gasteiger partial charge in [-0.15, -0.1) is 22.7 Å². The van der Waals surface area contributed by atoms with Crippen molar-refractivity contribution in [1.29, 1.82) is 0 Å². The van der Waals surface area contributed by atoms with Crippen LogP contribution in [-0.2, 0) is 0 Å². The van der Waals surface area contributed by atoms with Crippen LogP contribution in [-0.4, -0.2) is 6.26 Å². The molecule has 0 bridgehead atoms. The highest BCUT2D eigenvalue weighted by atomic mass is 32.3. The molecule has 0 fully saturated rings. The Balaban J connectivity index is 1.52. The van der Waals surface area contributed by atoms with E-state index in [4.69, 9.17) is 0 Å². The molecule has 0 spiro atoms. The maximum absolute atomic E-state index is 13.6. The molecule has 0 aliphatic carbocycles. The fourth-order valence-electron chi connectivity index (χ4n) is 5.17. The number of benzene rings is 5. The monoisotopic (exact) mass is 546 g/mol. The normalized spacial score (nSPS) is 12.4. The van der Waals surface area contributed by atoms with Crippen LogP contribution in [0.2, 0.25) is 0 Å². The Morgan fingerprint density at radius 1 is 0.447 bits per heavy atom. The van der Waals surface area contributed by atoms with Crippen LogP contribution in [0.4, 0.5) is 0 Å². The molecule has 5 aromatic carbocycles. The zero-order valence-corrected chi connectivity index (χ0v) is 23.0. The summed E-state index contributed by atoms with van der Waals surface area (Å²) in [6.07, 6.45) is 2.27. The van der Waals surface area contributed by atoms with Gasteiger partial charge in [0.15, 0.2) is 10.9 Å². The third kappa shape index (κ3) is 3.54. The van der Waals surface area contributed by atoms with E-state index in [9.17, 15) is 9.59 Å². The second-order valence-corrected chi connectivity index (χ2v) is 14.8. The molecule has 7 aromatic rings. The van der Waals surface area contributed by atoms with Crippen LogP contribution in [0.1, 0.15) is 0 Å². The molecule has 2 heterocycles. The molecule has 38 heavy (non-hydrogen) atoms. The summed E-state index contributed by atoms with van der Waals surface area (Å²) in [5.41, 5.74) is 0.138. The van der Waals surface area contributed by atoms with E-state index in [-0.39, 0.29) is 10.9 Å². The van der Waals surface area contributed by atoms with Crippen LogP contribution in [0, 0.1) is 0 Å². The van der Waals surface area contributed by atoms with Gasteiger partial charge in [-0.1, -0.05) is 42.5 Å². The molecule has 184 valence electrons. The van der Waals surface area contributed by atoms with Crippen LogP contribution in [0.3, 0.4) is 0 Å². The van der Waals surface area contributed by atoms with Crippen molar-refractivity contribution in [1.82, 2.24) is 0 Å². The fourth-order valence-corrected chi connectivity index (χ4v) is 10.2. The van der Waals surface area contributed by atoms with Crippen molar-refractivity contribution < 1.29 is 0 Å². The van der Waals surface area contributed by atoms with E-state index in [0.29, 0.717) is 0 Å². The van der Waals surface area contributed by atoms with Gasteiger partial charge in [0.25, 0.3) is 0 Å². The van der Waals surface area contributed by atoms with Crippen LogP contribution < -0.4 is 10.9 Å². The lowest BCUT2D eigenvalue weighted by Gasteiger charge is -2.38. The van der Waals surface area contributed by atoms with Gasteiger partial charge in [-0.05, 0) is 93.7 Å². The molecular weight excluding hydrogens is 525 g/mol. The van der Waals surface area contributed by atoms with Crippen LogP contribution in [0.15, 0.2) is 140 Å². The highest BCUT2D eigenvalue weighted by molar-refractivity contribution is 8.33. The zero-order chi connectivity index (χ0) is 25.9. The Morgan fingerprint density at radius 2 is 0.868 bits per heavy atom. The quantitative estimate of drug-likeness (QED) is 0.207. The number of hydrogen-bond donors (Lipinski definition) is 0. The lowest BCUT2D eigenvalue weighted by molar-refractivity contribution is 1.31. The Bertz CT molecular complexity index is 2010. The lowest BCUT2D eigenvalue weighted by atomic mass is 10.2. The van der Waals surface area contributed by atoms with Gasteiger partial charge in [0.1, 0.15) is 0 Å². The predicted octanol–water partition coefficient (Wildman–Crippen LogP) is 9.05. The Labute approximate surface area is 228 Å². The molecule has 5 heteroatoms. The van der Waals surface area contributed by atoms with Gasteiger partial charge in [0.05, 0.1) is 0 Å². The summed E-state index contributed by atoms with van der Waals surface area (Å²) in [4.78, 5) is 30.5. The molecule has 0 saturated heterocycles. The number of fused-ring (bicyclic) bond motifs is 4. The minimum absolute atomic E-state index is 0.0691. The van der Waals surface area contributed by atoms with Gasteiger partial charge in [0.2, 0.25) is 0 Å². The zero-order valence-electron chi connectivity index (χ0n) is 20.5. The summed E-state index contributed by atoms with van der Waals surface area (Å²) in [6.45, 7) is 0. The summed E-state index contributed by atoms with van der Waals surface area (Å²) < 4.78 is 3.98. The Hall–Kier alpha value is -3.77. The molecule has 0 saturated carbocycles. The van der Waals surface area contributed by atoms with Crippen molar-refractivity contribution in [3.63, 3.8) is 0 Å². The average molecular weight is 547 g/mol. The maximum atomic E-state index is 13.6. The Kier molecular flexibility index (Phi) is 5.48. The van der Waals surface area contributed by atoms with Gasteiger partial charge < -0.3 is 0 Å². The minimum atomic E-state index is -1.77. The van der Waals surface area contributed by atoms with Crippen molar-refractivity contribution in [3.8, 4) is 0 Å². The first-order chi connectivity index (χ1) is 18.5. The van der Waals surface area contributed by atoms with E-state index in [2.05, 4.69) is 66.9 Å². The Morgan fingerprint density at radius 3 is 1.37 bits per heavy atom. The topological polar surface area (TPSA) is 34.1 Å². The molecule has 0 aliphatic heterocycles. The van der Waals surface area contributed by atoms with Crippen LogP contribution in [0.25, 0.3) is 40.3 Å². The van der Waals surface area contributed by atoms with E-state index in [1.54, 1.807) is 22.7 Å². The number of rotatable bonds is 3.